The van der Waals surface area contributed by atoms with Crippen LogP contribution in [0.5, 0.6) is 0 Å². The fraction of sp³-hybridized carbons (Fsp3) is 0.538. The molecule has 0 atom stereocenters. The number of rotatable bonds is 2. The van der Waals surface area contributed by atoms with Gasteiger partial charge in [-0.3, -0.25) is 0 Å². The zero-order chi connectivity index (χ0) is 10.5. The monoisotopic (exact) mass is 265 g/mol. The minimum atomic E-state index is 0.112. The molecule has 0 aliphatic heterocycles. The number of nitrogens with two attached hydrogens (primary N) is 1. The molecule has 2 saturated carbocycles. The summed E-state index contributed by atoms with van der Waals surface area (Å²) in [6, 6.07) is 8.75. The number of hydrogen-bond donors (Lipinski definition) is 1. The maximum atomic E-state index is 6.50. The van der Waals surface area contributed by atoms with Gasteiger partial charge in [0.05, 0.1) is 0 Å². The van der Waals surface area contributed by atoms with Crippen molar-refractivity contribution in [2.24, 2.45) is 5.73 Å². The van der Waals surface area contributed by atoms with Gasteiger partial charge in [0.25, 0.3) is 0 Å². The molecule has 2 heteroatoms. The largest absolute Gasteiger partial charge is 0.324 e. The normalized spacial score (nSPS) is 25.7. The standard InChI is InChI=1S/C13H16BrN/c14-11-4-2-10(3-5-11)12(8-9-12)13(15)6-1-7-13/h2-5H,1,6-9,15H2. The van der Waals surface area contributed by atoms with E-state index in [9.17, 15) is 0 Å². The lowest BCUT2D eigenvalue weighted by molar-refractivity contribution is 0.185. The molecule has 0 unspecified atom stereocenters. The lowest BCUT2D eigenvalue weighted by atomic mass is 9.64. The van der Waals surface area contributed by atoms with Crippen molar-refractivity contribution >= 4 is 15.9 Å². The quantitative estimate of drug-likeness (QED) is 0.872. The predicted molar refractivity (Wildman–Crippen MR) is 65.8 cm³/mol. The zero-order valence-corrected chi connectivity index (χ0v) is 10.4. The third-order valence-corrected chi connectivity index (χ3v) is 4.87. The van der Waals surface area contributed by atoms with Crippen molar-refractivity contribution in [1.82, 2.24) is 0 Å². The van der Waals surface area contributed by atoms with Crippen LogP contribution in [-0.4, -0.2) is 5.54 Å². The van der Waals surface area contributed by atoms with Crippen molar-refractivity contribution < 1.29 is 0 Å². The lowest BCUT2D eigenvalue weighted by Gasteiger charge is -2.46. The van der Waals surface area contributed by atoms with Crippen LogP contribution in [0, 0.1) is 0 Å². The van der Waals surface area contributed by atoms with Crippen molar-refractivity contribution in [1.29, 1.82) is 0 Å². The molecule has 2 fully saturated rings. The van der Waals surface area contributed by atoms with Gasteiger partial charge >= 0.3 is 0 Å². The van der Waals surface area contributed by atoms with Gasteiger partial charge in [-0.05, 0) is 49.8 Å². The first-order chi connectivity index (χ1) is 7.16. The Labute approximate surface area is 99.2 Å². The van der Waals surface area contributed by atoms with Crippen molar-refractivity contribution in [3.8, 4) is 0 Å². The third-order valence-electron chi connectivity index (χ3n) is 4.35. The summed E-state index contributed by atoms with van der Waals surface area (Å²) in [6.45, 7) is 0. The van der Waals surface area contributed by atoms with Gasteiger partial charge in [-0.1, -0.05) is 28.1 Å². The predicted octanol–water partition coefficient (Wildman–Crippen LogP) is 3.36. The molecule has 0 heterocycles. The summed E-state index contributed by atoms with van der Waals surface area (Å²) in [5, 5.41) is 0. The van der Waals surface area contributed by atoms with Crippen LogP contribution in [0.2, 0.25) is 0 Å². The summed E-state index contributed by atoms with van der Waals surface area (Å²) < 4.78 is 1.15. The summed E-state index contributed by atoms with van der Waals surface area (Å²) in [7, 11) is 0. The van der Waals surface area contributed by atoms with Crippen LogP contribution < -0.4 is 5.73 Å². The first-order valence-corrected chi connectivity index (χ1v) is 6.51. The van der Waals surface area contributed by atoms with E-state index in [0.717, 1.165) is 4.47 Å². The Hall–Kier alpha value is -0.340. The Balaban J connectivity index is 1.96. The van der Waals surface area contributed by atoms with Gasteiger partial charge in [-0.25, -0.2) is 0 Å². The first kappa shape index (κ1) is 9.86. The molecule has 3 rings (SSSR count). The third kappa shape index (κ3) is 1.31. The van der Waals surface area contributed by atoms with Gasteiger partial charge in [0.2, 0.25) is 0 Å². The van der Waals surface area contributed by atoms with Crippen molar-refractivity contribution in [2.45, 2.75) is 43.1 Å². The molecule has 0 aromatic heterocycles. The molecule has 15 heavy (non-hydrogen) atoms. The minimum absolute atomic E-state index is 0.112. The molecule has 2 N–H and O–H groups in total. The fourth-order valence-corrected chi connectivity index (χ4v) is 3.27. The Kier molecular flexibility index (Phi) is 2.02. The van der Waals surface area contributed by atoms with Crippen LogP contribution in [-0.2, 0) is 5.41 Å². The zero-order valence-electron chi connectivity index (χ0n) is 8.80. The molecule has 2 aliphatic rings. The Morgan fingerprint density at radius 2 is 1.60 bits per heavy atom. The molecular weight excluding hydrogens is 250 g/mol. The molecule has 1 nitrogen and oxygen atoms in total. The Bertz CT molecular complexity index is 374. The highest BCUT2D eigenvalue weighted by Gasteiger charge is 2.60. The molecule has 0 spiro atoms. The molecule has 0 radical (unpaired) electrons. The van der Waals surface area contributed by atoms with Crippen LogP contribution in [0.4, 0.5) is 0 Å². The molecule has 0 saturated heterocycles. The van der Waals surface area contributed by atoms with Crippen molar-refractivity contribution in [3.05, 3.63) is 34.3 Å². The molecule has 80 valence electrons. The van der Waals surface area contributed by atoms with Gasteiger partial charge in [0.15, 0.2) is 0 Å². The average Bonchev–Trinajstić information content (AvgIpc) is 2.97. The highest BCUT2D eigenvalue weighted by Crippen LogP contribution is 2.60. The lowest BCUT2D eigenvalue weighted by Crippen LogP contribution is -2.56. The highest BCUT2D eigenvalue weighted by atomic mass is 79.9. The summed E-state index contributed by atoms with van der Waals surface area (Å²) >= 11 is 3.48. The van der Waals surface area contributed by atoms with Crippen LogP contribution in [0.3, 0.4) is 0 Å². The van der Waals surface area contributed by atoms with Crippen molar-refractivity contribution in [3.63, 3.8) is 0 Å². The summed E-state index contributed by atoms with van der Waals surface area (Å²) in [6.07, 6.45) is 6.30. The van der Waals surface area contributed by atoms with Crippen LogP contribution in [0.1, 0.15) is 37.7 Å². The maximum absolute atomic E-state index is 6.50. The van der Waals surface area contributed by atoms with Crippen molar-refractivity contribution in [2.75, 3.05) is 0 Å². The molecular formula is C13H16BrN. The first-order valence-electron chi connectivity index (χ1n) is 5.71. The van der Waals surface area contributed by atoms with Gasteiger partial charge < -0.3 is 5.73 Å². The van der Waals surface area contributed by atoms with Crippen LogP contribution in [0.25, 0.3) is 0 Å². The van der Waals surface area contributed by atoms with E-state index in [4.69, 9.17) is 5.73 Å². The number of hydrogen-bond acceptors (Lipinski definition) is 1. The number of benzene rings is 1. The Morgan fingerprint density at radius 3 is 2.00 bits per heavy atom. The molecule has 0 bridgehead atoms. The topological polar surface area (TPSA) is 26.0 Å². The fourth-order valence-electron chi connectivity index (χ4n) is 3.00. The van der Waals surface area contributed by atoms with Gasteiger partial charge in [-0.15, -0.1) is 0 Å². The SMILES string of the molecule is NC1(C2(c3ccc(Br)cc3)CC2)CCC1. The Morgan fingerprint density at radius 1 is 1.00 bits per heavy atom. The van der Waals surface area contributed by atoms with E-state index in [2.05, 4.69) is 40.2 Å². The van der Waals surface area contributed by atoms with E-state index in [1.165, 1.54) is 37.7 Å². The number of halogens is 1. The van der Waals surface area contributed by atoms with Crippen LogP contribution >= 0.6 is 15.9 Å². The summed E-state index contributed by atoms with van der Waals surface area (Å²) in [4.78, 5) is 0. The summed E-state index contributed by atoms with van der Waals surface area (Å²) in [5.41, 5.74) is 8.39. The van der Waals surface area contributed by atoms with E-state index >= 15 is 0 Å². The highest BCUT2D eigenvalue weighted by molar-refractivity contribution is 9.10. The molecule has 2 aliphatic carbocycles. The van der Waals surface area contributed by atoms with E-state index in [1.807, 2.05) is 0 Å². The van der Waals surface area contributed by atoms with Gasteiger partial charge in [-0.2, -0.15) is 0 Å². The van der Waals surface area contributed by atoms with E-state index < -0.39 is 0 Å². The second kappa shape index (κ2) is 3.08. The van der Waals surface area contributed by atoms with Gasteiger partial charge in [0, 0.05) is 15.4 Å². The molecule has 1 aromatic rings. The van der Waals surface area contributed by atoms with Crippen LogP contribution in [0.15, 0.2) is 28.7 Å². The summed E-state index contributed by atoms with van der Waals surface area (Å²) in [5.74, 6) is 0. The smallest absolute Gasteiger partial charge is 0.0252 e. The van der Waals surface area contributed by atoms with Gasteiger partial charge in [0.1, 0.15) is 0 Å². The van der Waals surface area contributed by atoms with E-state index in [-0.39, 0.29) is 5.54 Å². The maximum Gasteiger partial charge on any atom is 0.0252 e. The second-order valence-electron chi connectivity index (χ2n) is 5.10. The van der Waals surface area contributed by atoms with E-state index in [1.54, 1.807) is 0 Å². The molecule has 0 amide bonds. The average molecular weight is 266 g/mol. The minimum Gasteiger partial charge on any atom is -0.324 e. The van der Waals surface area contributed by atoms with E-state index in [0.29, 0.717) is 5.41 Å². The second-order valence-corrected chi connectivity index (χ2v) is 6.01. The molecule has 1 aromatic carbocycles.